The Labute approximate surface area is 119 Å². The monoisotopic (exact) mass is 287 g/mol. The average Bonchev–Trinajstić information content (AvgIpc) is 3.08. The van der Waals surface area contributed by atoms with Gasteiger partial charge >= 0.3 is 0 Å². The zero-order chi connectivity index (χ0) is 13.9. The van der Waals surface area contributed by atoms with Crippen molar-refractivity contribution in [2.75, 3.05) is 12.4 Å². The minimum atomic E-state index is 0.568. The molecule has 3 aromatic rings. The summed E-state index contributed by atoms with van der Waals surface area (Å²) in [5.41, 5.74) is 1.90. The van der Waals surface area contributed by atoms with Crippen LogP contribution in [0.15, 0.2) is 30.6 Å². The van der Waals surface area contributed by atoms with Crippen LogP contribution in [-0.2, 0) is 0 Å². The number of aromatic amines is 1. The van der Waals surface area contributed by atoms with E-state index in [2.05, 4.69) is 25.5 Å². The van der Waals surface area contributed by atoms with E-state index < -0.39 is 0 Å². The number of methoxy groups -OCH3 is 1. The smallest absolute Gasteiger partial charge is 0.214 e. The molecule has 0 aromatic carbocycles. The van der Waals surface area contributed by atoms with Gasteiger partial charge in [-0.25, -0.2) is 4.98 Å². The Balaban J connectivity index is 1.86. The largest absolute Gasteiger partial charge is 0.481 e. The number of aryl methyl sites for hydroxylation is 1. The molecular weight excluding hydrogens is 274 g/mol. The van der Waals surface area contributed by atoms with Gasteiger partial charge in [-0.15, -0.1) is 11.3 Å². The first-order chi connectivity index (χ1) is 9.76. The first kappa shape index (κ1) is 12.6. The molecule has 0 radical (unpaired) electrons. The number of ether oxygens (including phenoxy) is 1. The van der Waals surface area contributed by atoms with Gasteiger partial charge in [0.25, 0.3) is 0 Å². The van der Waals surface area contributed by atoms with Crippen molar-refractivity contribution in [3.05, 3.63) is 35.5 Å². The van der Waals surface area contributed by atoms with E-state index >= 15 is 0 Å². The Morgan fingerprint density at radius 1 is 1.30 bits per heavy atom. The molecule has 3 heterocycles. The summed E-state index contributed by atoms with van der Waals surface area (Å²) in [5.74, 6) is 1.27. The number of hydrogen-bond acceptors (Lipinski definition) is 6. The summed E-state index contributed by atoms with van der Waals surface area (Å²) in [7, 11) is 1.59. The molecule has 20 heavy (non-hydrogen) atoms. The van der Waals surface area contributed by atoms with E-state index in [4.69, 9.17) is 4.74 Å². The lowest BCUT2D eigenvalue weighted by Gasteiger charge is -2.03. The summed E-state index contributed by atoms with van der Waals surface area (Å²) < 4.78 is 5.10. The van der Waals surface area contributed by atoms with Gasteiger partial charge in [0.15, 0.2) is 5.13 Å². The van der Waals surface area contributed by atoms with Crippen LogP contribution in [0.4, 0.5) is 10.9 Å². The average molecular weight is 287 g/mol. The normalized spacial score (nSPS) is 10.5. The van der Waals surface area contributed by atoms with Crippen LogP contribution in [0, 0.1) is 6.92 Å². The molecule has 0 aliphatic rings. The summed E-state index contributed by atoms with van der Waals surface area (Å²) in [5, 5.41) is 10.7. The fourth-order valence-corrected chi connectivity index (χ4v) is 2.65. The molecule has 3 aromatic heterocycles. The summed E-state index contributed by atoms with van der Waals surface area (Å²) in [6.07, 6.45) is 3.59. The minimum Gasteiger partial charge on any atom is -0.481 e. The molecule has 0 amide bonds. The van der Waals surface area contributed by atoms with Crippen molar-refractivity contribution >= 4 is 22.3 Å². The van der Waals surface area contributed by atoms with E-state index in [1.165, 1.54) is 0 Å². The molecule has 0 spiro atoms. The maximum atomic E-state index is 5.10. The molecule has 0 unspecified atom stereocenters. The number of anilines is 2. The number of aromatic nitrogens is 4. The van der Waals surface area contributed by atoms with Gasteiger partial charge in [-0.1, -0.05) is 6.07 Å². The van der Waals surface area contributed by atoms with Gasteiger partial charge in [0.2, 0.25) is 5.88 Å². The number of nitrogens with one attached hydrogen (secondary N) is 2. The summed E-state index contributed by atoms with van der Waals surface area (Å²) in [4.78, 5) is 9.99. The molecule has 6 nitrogen and oxygen atoms in total. The van der Waals surface area contributed by atoms with Crippen LogP contribution in [0.3, 0.4) is 0 Å². The minimum absolute atomic E-state index is 0.568. The van der Waals surface area contributed by atoms with Crippen LogP contribution < -0.4 is 10.1 Å². The first-order valence-electron chi connectivity index (χ1n) is 6.01. The highest BCUT2D eigenvalue weighted by Crippen LogP contribution is 2.31. The van der Waals surface area contributed by atoms with Gasteiger partial charge in [0.05, 0.1) is 19.0 Å². The van der Waals surface area contributed by atoms with Gasteiger partial charge in [0, 0.05) is 22.7 Å². The standard InChI is InChI=1S/C13H13N5OS/c1-8-12(9-6-14-15-7-9)18-13(20-8)17-10-4-3-5-11(16-10)19-2/h3-7H,1-2H3,(H,14,15)(H,16,17,18). The van der Waals surface area contributed by atoms with Crippen LogP contribution in [0.25, 0.3) is 11.3 Å². The van der Waals surface area contributed by atoms with E-state index in [1.807, 2.05) is 25.3 Å². The fraction of sp³-hybridized carbons (Fsp3) is 0.154. The van der Waals surface area contributed by atoms with Crippen LogP contribution in [0.2, 0.25) is 0 Å². The summed E-state index contributed by atoms with van der Waals surface area (Å²) >= 11 is 1.58. The fourth-order valence-electron chi connectivity index (χ4n) is 1.81. The van der Waals surface area contributed by atoms with Gasteiger partial charge in [0.1, 0.15) is 5.82 Å². The molecule has 0 bridgehead atoms. The Morgan fingerprint density at radius 2 is 2.20 bits per heavy atom. The Kier molecular flexibility index (Phi) is 3.34. The molecule has 3 rings (SSSR count). The van der Waals surface area contributed by atoms with Crippen LogP contribution in [-0.4, -0.2) is 27.3 Å². The number of hydrogen-bond donors (Lipinski definition) is 2. The zero-order valence-electron chi connectivity index (χ0n) is 11.0. The Morgan fingerprint density at radius 3 is 2.95 bits per heavy atom. The Hall–Kier alpha value is -2.41. The summed E-state index contributed by atoms with van der Waals surface area (Å²) in [6.45, 7) is 2.03. The lowest BCUT2D eigenvalue weighted by atomic mass is 10.2. The molecule has 7 heteroatoms. The predicted molar refractivity (Wildman–Crippen MR) is 78.5 cm³/mol. The van der Waals surface area contributed by atoms with E-state index in [9.17, 15) is 0 Å². The van der Waals surface area contributed by atoms with Gasteiger partial charge in [-0.05, 0) is 13.0 Å². The van der Waals surface area contributed by atoms with E-state index in [0.29, 0.717) is 11.7 Å². The highest BCUT2D eigenvalue weighted by atomic mass is 32.1. The second-order valence-electron chi connectivity index (χ2n) is 4.10. The van der Waals surface area contributed by atoms with E-state index in [0.717, 1.165) is 21.3 Å². The Bertz CT molecular complexity index is 707. The van der Waals surface area contributed by atoms with Gasteiger partial charge in [-0.3, -0.25) is 5.10 Å². The maximum absolute atomic E-state index is 5.10. The number of rotatable bonds is 4. The highest BCUT2D eigenvalue weighted by Gasteiger charge is 2.11. The molecule has 2 N–H and O–H groups in total. The second-order valence-corrected chi connectivity index (χ2v) is 5.30. The van der Waals surface area contributed by atoms with Crippen molar-refractivity contribution in [3.8, 4) is 17.1 Å². The zero-order valence-corrected chi connectivity index (χ0v) is 11.9. The van der Waals surface area contributed by atoms with Gasteiger partial charge < -0.3 is 10.1 Å². The number of pyridine rings is 1. The SMILES string of the molecule is COc1cccc(Nc2nc(-c3cn[nH]c3)c(C)s2)n1. The van der Waals surface area contributed by atoms with Crippen molar-refractivity contribution in [3.63, 3.8) is 0 Å². The molecule has 0 aliphatic heterocycles. The van der Waals surface area contributed by atoms with Crippen molar-refractivity contribution in [2.24, 2.45) is 0 Å². The van der Waals surface area contributed by atoms with Gasteiger partial charge in [-0.2, -0.15) is 10.1 Å². The summed E-state index contributed by atoms with van der Waals surface area (Å²) in [6, 6.07) is 5.55. The van der Waals surface area contributed by atoms with Crippen molar-refractivity contribution in [1.82, 2.24) is 20.2 Å². The van der Waals surface area contributed by atoms with Crippen LogP contribution in [0.1, 0.15) is 4.88 Å². The molecule has 0 atom stereocenters. The maximum Gasteiger partial charge on any atom is 0.214 e. The third kappa shape index (κ3) is 2.48. The molecule has 0 saturated heterocycles. The second kappa shape index (κ2) is 5.30. The van der Waals surface area contributed by atoms with E-state index in [-0.39, 0.29) is 0 Å². The predicted octanol–water partition coefficient (Wildman–Crippen LogP) is 2.99. The quantitative estimate of drug-likeness (QED) is 0.771. The van der Waals surface area contributed by atoms with Crippen molar-refractivity contribution in [2.45, 2.75) is 6.92 Å². The molecular formula is C13H13N5OS. The third-order valence-electron chi connectivity index (χ3n) is 2.74. The highest BCUT2D eigenvalue weighted by molar-refractivity contribution is 7.16. The lowest BCUT2D eigenvalue weighted by molar-refractivity contribution is 0.398. The number of thiazole rings is 1. The van der Waals surface area contributed by atoms with Crippen molar-refractivity contribution < 1.29 is 4.74 Å². The first-order valence-corrected chi connectivity index (χ1v) is 6.82. The molecule has 102 valence electrons. The lowest BCUT2D eigenvalue weighted by Crippen LogP contribution is -1.94. The number of H-pyrrole nitrogens is 1. The molecule has 0 aliphatic carbocycles. The molecule has 0 saturated carbocycles. The van der Waals surface area contributed by atoms with Crippen LogP contribution in [0.5, 0.6) is 5.88 Å². The number of nitrogens with zero attached hydrogens (tertiary/aromatic N) is 3. The van der Waals surface area contributed by atoms with Crippen LogP contribution >= 0.6 is 11.3 Å². The topological polar surface area (TPSA) is 75.7 Å². The third-order valence-corrected chi connectivity index (χ3v) is 3.62. The van der Waals surface area contributed by atoms with E-state index in [1.54, 1.807) is 30.7 Å². The van der Waals surface area contributed by atoms with Crippen molar-refractivity contribution in [1.29, 1.82) is 0 Å². The molecule has 0 fully saturated rings.